The molecule has 0 spiro atoms. The normalized spacial score (nSPS) is 19.6. The number of carbonyl (C=O) groups excluding carboxylic acids is 2. The van der Waals surface area contributed by atoms with E-state index in [-0.39, 0.29) is 18.2 Å². The van der Waals surface area contributed by atoms with Gasteiger partial charge in [-0.05, 0) is 4.57 Å². The Morgan fingerprint density at radius 3 is 1.91 bits per heavy atom. The van der Waals surface area contributed by atoms with Crippen molar-refractivity contribution in [3.05, 3.63) is 0 Å². The summed E-state index contributed by atoms with van der Waals surface area (Å²) in [6.45, 7) is 0. The van der Waals surface area contributed by atoms with E-state index in [2.05, 4.69) is 0 Å². The van der Waals surface area contributed by atoms with Crippen LogP contribution >= 0.6 is 8.10 Å². The van der Waals surface area contributed by atoms with Crippen molar-refractivity contribution in [3.8, 4) is 0 Å². The Hall–Kier alpha value is -0.960. The molecule has 1 fully saturated rings. The molecule has 0 aromatic rings. The molecule has 0 bridgehead atoms. The maximum atomic E-state index is 11.1. The third kappa shape index (κ3) is 1.24. The van der Waals surface area contributed by atoms with Crippen LogP contribution < -0.4 is 0 Å². The zero-order chi connectivity index (χ0) is 8.59. The Kier molecular flexibility index (Phi) is 1.91. The van der Waals surface area contributed by atoms with Crippen molar-refractivity contribution < 1.29 is 14.2 Å². The Morgan fingerprint density at radius 2 is 1.55 bits per heavy atom. The summed E-state index contributed by atoms with van der Waals surface area (Å²) in [5.41, 5.74) is 0. The average molecular weight is 175 g/mol. The zero-order valence-electron chi connectivity index (χ0n) is 6.27. The molecule has 0 aromatic carbocycles. The SMILES string of the molecule is CN1C(=O)CC(=O)N(C)[P+]1=O. The topological polar surface area (TPSA) is 57.7 Å². The molecule has 1 heterocycles. The molecule has 0 aromatic heterocycles. The van der Waals surface area contributed by atoms with Crippen LogP contribution in [-0.4, -0.2) is 35.3 Å². The van der Waals surface area contributed by atoms with E-state index in [1.165, 1.54) is 14.1 Å². The van der Waals surface area contributed by atoms with Gasteiger partial charge in [0.2, 0.25) is 0 Å². The maximum Gasteiger partial charge on any atom is 0.600 e. The lowest BCUT2D eigenvalue weighted by Crippen LogP contribution is -2.37. The molecule has 1 saturated heterocycles. The number of hydrogen-bond acceptors (Lipinski definition) is 3. The van der Waals surface area contributed by atoms with Crippen LogP contribution in [0.1, 0.15) is 6.42 Å². The summed E-state index contributed by atoms with van der Waals surface area (Å²) in [4.78, 5) is 21.7. The summed E-state index contributed by atoms with van der Waals surface area (Å²) >= 11 is 0. The van der Waals surface area contributed by atoms with Crippen molar-refractivity contribution in [2.24, 2.45) is 0 Å². The van der Waals surface area contributed by atoms with Gasteiger partial charge in [0.05, 0.1) is 14.1 Å². The van der Waals surface area contributed by atoms with Gasteiger partial charge in [-0.2, -0.15) is 0 Å². The zero-order valence-corrected chi connectivity index (χ0v) is 7.17. The lowest BCUT2D eigenvalue weighted by Gasteiger charge is -2.15. The largest absolute Gasteiger partial charge is 0.600 e. The van der Waals surface area contributed by atoms with Crippen LogP contribution in [-0.2, 0) is 14.2 Å². The highest BCUT2D eigenvalue weighted by molar-refractivity contribution is 7.41. The molecule has 0 saturated carbocycles. The second-order valence-electron chi connectivity index (χ2n) is 2.26. The molecular weight excluding hydrogens is 167 g/mol. The first-order valence-electron chi connectivity index (χ1n) is 3.04. The summed E-state index contributed by atoms with van der Waals surface area (Å²) in [5.74, 6) is -0.761. The van der Waals surface area contributed by atoms with E-state index in [0.29, 0.717) is 0 Å². The molecule has 0 atom stereocenters. The van der Waals surface area contributed by atoms with Crippen molar-refractivity contribution in [3.63, 3.8) is 0 Å². The molecule has 11 heavy (non-hydrogen) atoms. The van der Waals surface area contributed by atoms with Crippen LogP contribution in [0.25, 0.3) is 0 Å². The van der Waals surface area contributed by atoms with Crippen molar-refractivity contribution in [2.75, 3.05) is 14.1 Å². The smallest absolute Gasteiger partial charge is 0.270 e. The third-order valence-corrected chi connectivity index (χ3v) is 3.01. The standard InChI is InChI=1S/C5H8N2O3P/c1-6-4(8)3-5(9)7(2)11(6)10/h3H2,1-2H3/q+1. The molecule has 1 aliphatic rings. The molecule has 1 aliphatic heterocycles. The fraction of sp³-hybridized carbons (Fsp3) is 0.600. The number of hydrogen-bond donors (Lipinski definition) is 0. The molecule has 2 amide bonds. The minimum Gasteiger partial charge on any atom is -0.270 e. The van der Waals surface area contributed by atoms with E-state index in [9.17, 15) is 14.2 Å². The Balaban J connectivity index is 2.87. The second-order valence-corrected chi connectivity index (χ2v) is 3.97. The van der Waals surface area contributed by atoms with Gasteiger partial charge in [-0.25, -0.2) is 0 Å². The molecule has 1 rings (SSSR count). The van der Waals surface area contributed by atoms with Gasteiger partial charge in [0.15, 0.2) is 0 Å². The van der Waals surface area contributed by atoms with Gasteiger partial charge in [-0.3, -0.25) is 9.59 Å². The lowest BCUT2D eigenvalue weighted by atomic mass is 10.4. The van der Waals surface area contributed by atoms with Crippen molar-refractivity contribution in [1.29, 1.82) is 0 Å². The number of rotatable bonds is 0. The maximum absolute atomic E-state index is 11.1. The van der Waals surface area contributed by atoms with Gasteiger partial charge >= 0.3 is 8.10 Å². The van der Waals surface area contributed by atoms with Crippen LogP contribution in [0, 0.1) is 0 Å². The first-order chi connectivity index (χ1) is 5.04. The first-order valence-corrected chi connectivity index (χ1v) is 4.20. The lowest BCUT2D eigenvalue weighted by molar-refractivity contribution is -0.136. The van der Waals surface area contributed by atoms with Crippen LogP contribution in [0.15, 0.2) is 0 Å². The van der Waals surface area contributed by atoms with Crippen molar-refractivity contribution in [2.45, 2.75) is 6.42 Å². The quantitative estimate of drug-likeness (QED) is 0.383. The molecule has 5 nitrogen and oxygen atoms in total. The van der Waals surface area contributed by atoms with Gasteiger partial charge in [-0.15, -0.1) is 9.34 Å². The van der Waals surface area contributed by atoms with Crippen LogP contribution in [0.2, 0.25) is 0 Å². The van der Waals surface area contributed by atoms with E-state index in [0.717, 1.165) is 9.34 Å². The fourth-order valence-electron chi connectivity index (χ4n) is 0.750. The first kappa shape index (κ1) is 8.14. The van der Waals surface area contributed by atoms with Gasteiger partial charge in [0.1, 0.15) is 6.42 Å². The van der Waals surface area contributed by atoms with Crippen LogP contribution in [0.5, 0.6) is 0 Å². The predicted octanol–water partition coefficient (Wildman–Crippen LogP) is -0.0357. The number of amides is 2. The summed E-state index contributed by atoms with van der Waals surface area (Å²) < 4.78 is 13.3. The molecule has 0 aliphatic carbocycles. The monoisotopic (exact) mass is 175 g/mol. The highest BCUT2D eigenvalue weighted by atomic mass is 31.1. The predicted molar refractivity (Wildman–Crippen MR) is 37.8 cm³/mol. The number of nitrogens with zero attached hydrogens (tertiary/aromatic N) is 2. The van der Waals surface area contributed by atoms with Crippen LogP contribution in [0.4, 0.5) is 0 Å². The highest BCUT2D eigenvalue weighted by Gasteiger charge is 2.44. The summed E-state index contributed by atoms with van der Waals surface area (Å²) in [6, 6.07) is 0. The van der Waals surface area contributed by atoms with Gasteiger partial charge in [0.25, 0.3) is 11.8 Å². The van der Waals surface area contributed by atoms with E-state index >= 15 is 0 Å². The molecule has 0 N–H and O–H groups in total. The van der Waals surface area contributed by atoms with E-state index in [1.54, 1.807) is 0 Å². The Bertz CT molecular complexity index is 218. The van der Waals surface area contributed by atoms with E-state index in [4.69, 9.17) is 0 Å². The third-order valence-electron chi connectivity index (χ3n) is 1.54. The molecular formula is C5H8N2O3P+. The Labute approximate surface area is 64.9 Å². The van der Waals surface area contributed by atoms with E-state index < -0.39 is 8.10 Å². The fourth-order valence-corrected chi connectivity index (χ4v) is 1.68. The average Bonchev–Trinajstić information content (AvgIpc) is 1.97. The summed E-state index contributed by atoms with van der Waals surface area (Å²) in [6.07, 6.45) is -0.173. The minimum absolute atomic E-state index is 0.173. The van der Waals surface area contributed by atoms with Gasteiger partial charge in [0, 0.05) is 0 Å². The molecule has 0 radical (unpaired) electrons. The summed E-state index contributed by atoms with van der Waals surface area (Å²) in [5, 5.41) is 0. The molecule has 6 heteroatoms. The van der Waals surface area contributed by atoms with Gasteiger partial charge < -0.3 is 0 Å². The number of carbonyl (C=O) groups is 2. The summed E-state index contributed by atoms with van der Waals surface area (Å²) in [7, 11) is 0.866. The second kappa shape index (κ2) is 2.58. The molecule has 60 valence electrons. The van der Waals surface area contributed by atoms with Crippen molar-refractivity contribution >= 4 is 19.9 Å². The van der Waals surface area contributed by atoms with E-state index in [1.807, 2.05) is 0 Å². The van der Waals surface area contributed by atoms with Crippen molar-refractivity contribution in [1.82, 2.24) is 9.34 Å². The Morgan fingerprint density at radius 1 is 1.18 bits per heavy atom. The highest BCUT2D eigenvalue weighted by Crippen LogP contribution is 2.33. The van der Waals surface area contributed by atoms with Crippen LogP contribution in [0.3, 0.4) is 0 Å². The molecule has 0 unspecified atom stereocenters. The minimum atomic E-state index is -1.98. The van der Waals surface area contributed by atoms with Gasteiger partial charge in [-0.1, -0.05) is 0 Å².